The van der Waals surface area contributed by atoms with Gasteiger partial charge in [-0.05, 0) is 48.7 Å². The number of hydrogen-bond acceptors (Lipinski definition) is 8. The molecule has 0 aromatic rings. The summed E-state index contributed by atoms with van der Waals surface area (Å²) in [5.74, 6) is 5.18. The third kappa shape index (κ3) is 34.3. The number of unbranched alkanes of at least 4 members (excludes halogenated alkanes) is 36. The molecule has 0 nitrogen and oxygen atoms in total. The van der Waals surface area contributed by atoms with Gasteiger partial charge in [-0.2, -0.15) is 0 Å². The lowest BCUT2D eigenvalue weighted by atomic mass is 10.1. The summed E-state index contributed by atoms with van der Waals surface area (Å²) in [4.78, 5) is 0. The van der Waals surface area contributed by atoms with Gasteiger partial charge in [-0.25, -0.2) is 0 Å². The van der Waals surface area contributed by atoms with Crippen LogP contribution in [-0.4, -0.2) is 23.0 Å². The maximum absolute atomic E-state index is 2.32. The van der Waals surface area contributed by atoms with E-state index in [9.17, 15) is 0 Å². The van der Waals surface area contributed by atoms with E-state index in [1.807, 2.05) is 0 Å². The molecule has 2 aliphatic rings. The second-order valence-corrected chi connectivity index (χ2v) is 28.3. The average molecular weight is 1010 g/mol. The minimum Gasteiger partial charge on any atom is -0.117 e. The molecule has 0 aromatic carbocycles. The Kier molecular flexibility index (Phi) is 45.3. The van der Waals surface area contributed by atoms with Crippen molar-refractivity contribution in [3.05, 3.63) is 25.4 Å². The molecule has 2 aliphatic heterocycles. The molecule has 0 N–H and O–H groups in total. The van der Waals surface area contributed by atoms with Gasteiger partial charge in [-0.15, -0.1) is 47.0 Å². The molecule has 62 heavy (non-hydrogen) atoms. The Hall–Kier alpha value is 2.02. The third-order valence-electron chi connectivity index (χ3n) is 12.2. The van der Waals surface area contributed by atoms with Crippen molar-refractivity contribution in [2.24, 2.45) is 0 Å². The van der Waals surface area contributed by atoms with Crippen LogP contribution in [0, 0.1) is 0 Å². The van der Waals surface area contributed by atoms with Crippen LogP contribution in [0.3, 0.4) is 0 Å². The lowest BCUT2D eigenvalue weighted by Gasteiger charge is -2.06. The minimum absolute atomic E-state index is 1.29. The molecule has 0 aliphatic carbocycles. The van der Waals surface area contributed by atoms with Crippen molar-refractivity contribution < 1.29 is 0 Å². The van der Waals surface area contributed by atoms with Crippen LogP contribution in [0.4, 0.5) is 0 Å². The van der Waals surface area contributed by atoms with Gasteiger partial charge in [0.25, 0.3) is 0 Å². The monoisotopic (exact) mass is 1000 g/mol. The molecule has 0 spiro atoms. The Labute approximate surface area is 423 Å². The summed E-state index contributed by atoms with van der Waals surface area (Å²) in [7, 11) is 0. The first-order valence-corrected chi connectivity index (χ1v) is 34.4. The van der Waals surface area contributed by atoms with E-state index in [4.69, 9.17) is 0 Å². The third-order valence-corrected chi connectivity index (χ3v) is 24.1. The van der Waals surface area contributed by atoms with Crippen molar-refractivity contribution in [3.8, 4) is 0 Å². The molecular weight excluding hydrogens is 905 g/mol. The first kappa shape index (κ1) is 60.1. The van der Waals surface area contributed by atoms with Gasteiger partial charge in [0.05, 0.1) is 25.4 Å². The SMILES string of the molecule is CCCCCCCCCCCCSC1=C(SCCCCCCCCCCCC)SC(=C2SC(SCCCCCCCCCCCC)=C(SCCCCCCCCCCCC)S2)S1. The van der Waals surface area contributed by atoms with Gasteiger partial charge < -0.3 is 0 Å². The molecule has 0 saturated heterocycles. The van der Waals surface area contributed by atoms with Crippen molar-refractivity contribution in [2.45, 2.75) is 285 Å². The zero-order valence-corrected chi connectivity index (χ0v) is 47.9. The van der Waals surface area contributed by atoms with E-state index in [1.165, 1.54) is 280 Å². The molecule has 0 atom stereocenters. The van der Waals surface area contributed by atoms with Gasteiger partial charge in [0, 0.05) is 0 Å². The molecule has 2 heterocycles. The molecule has 0 aromatic heterocycles. The highest BCUT2D eigenvalue weighted by atomic mass is 32.3. The molecule has 0 radical (unpaired) electrons. The largest absolute Gasteiger partial charge is 0.117 e. The van der Waals surface area contributed by atoms with Crippen molar-refractivity contribution in [3.63, 3.8) is 0 Å². The minimum atomic E-state index is 1.29. The molecule has 0 fully saturated rings. The van der Waals surface area contributed by atoms with Gasteiger partial charge >= 0.3 is 0 Å². The Balaban J connectivity index is 1.91. The van der Waals surface area contributed by atoms with Crippen LogP contribution in [-0.2, 0) is 0 Å². The molecule has 0 bridgehead atoms. The van der Waals surface area contributed by atoms with E-state index in [0.29, 0.717) is 0 Å². The van der Waals surface area contributed by atoms with Crippen LogP contribution in [0.2, 0.25) is 0 Å². The van der Waals surface area contributed by atoms with E-state index >= 15 is 0 Å². The highest BCUT2D eigenvalue weighted by Gasteiger charge is 2.31. The molecule has 0 saturated carbocycles. The Morgan fingerprint density at radius 2 is 0.355 bits per heavy atom. The standard InChI is InChI=1S/C54H100S8/c1-5-9-13-17-21-25-29-33-37-41-45-55-49-50(56-46-42-38-34-30-26-22-18-14-10-6-2)60-53(59-49)54-61-51(57-47-43-39-35-31-27-23-19-15-11-7-3)52(62-54)58-48-44-40-36-32-28-24-20-16-12-8-4/h5-48H2,1-4H3. The predicted molar refractivity (Wildman–Crippen MR) is 309 cm³/mol. The van der Waals surface area contributed by atoms with Gasteiger partial charge in [-0.3, -0.25) is 0 Å². The van der Waals surface area contributed by atoms with E-state index in [2.05, 4.69) is 122 Å². The number of hydrogen-bond donors (Lipinski definition) is 0. The zero-order valence-electron chi connectivity index (χ0n) is 41.4. The maximum Gasteiger partial charge on any atom is 0.0717 e. The van der Waals surface area contributed by atoms with Gasteiger partial charge in [0.1, 0.15) is 0 Å². The van der Waals surface area contributed by atoms with Crippen LogP contribution in [0.25, 0.3) is 0 Å². The fraction of sp³-hybridized carbons (Fsp3) is 0.889. The summed E-state index contributed by atoms with van der Waals surface area (Å²) < 4.78 is 9.75. The van der Waals surface area contributed by atoms with E-state index in [-0.39, 0.29) is 0 Å². The van der Waals surface area contributed by atoms with Crippen LogP contribution >= 0.6 is 94.1 Å². The molecule has 364 valence electrons. The first-order chi connectivity index (χ1) is 30.7. The topological polar surface area (TPSA) is 0 Å². The quantitative estimate of drug-likeness (QED) is 0.0546. The lowest BCUT2D eigenvalue weighted by molar-refractivity contribution is 0.563. The van der Waals surface area contributed by atoms with Gasteiger partial charge in [-0.1, -0.05) is 306 Å². The Morgan fingerprint density at radius 1 is 0.210 bits per heavy atom. The fourth-order valence-corrected chi connectivity index (χ4v) is 20.4. The van der Waals surface area contributed by atoms with Gasteiger partial charge in [0.2, 0.25) is 0 Å². The Bertz CT molecular complexity index is 936. The van der Waals surface area contributed by atoms with Crippen LogP contribution in [0.15, 0.2) is 25.4 Å². The number of rotatable bonds is 48. The Morgan fingerprint density at radius 3 is 0.516 bits per heavy atom. The van der Waals surface area contributed by atoms with E-state index in [1.54, 1.807) is 25.4 Å². The smallest absolute Gasteiger partial charge is 0.0717 e. The van der Waals surface area contributed by atoms with E-state index < -0.39 is 0 Å². The zero-order chi connectivity index (χ0) is 44.2. The summed E-state index contributed by atoms with van der Waals surface area (Å²) >= 11 is 17.4. The maximum atomic E-state index is 2.32. The molecule has 0 unspecified atom stereocenters. The normalized spacial score (nSPS) is 14.5. The number of thioether (sulfide) groups is 8. The van der Waals surface area contributed by atoms with Crippen molar-refractivity contribution >= 4 is 94.1 Å². The second kappa shape index (κ2) is 46.7. The summed E-state index contributed by atoms with van der Waals surface area (Å²) in [5.41, 5.74) is 0. The summed E-state index contributed by atoms with van der Waals surface area (Å²) in [6.45, 7) is 9.30. The predicted octanol–water partition coefficient (Wildman–Crippen LogP) is 23.9. The van der Waals surface area contributed by atoms with Crippen molar-refractivity contribution in [1.29, 1.82) is 0 Å². The van der Waals surface area contributed by atoms with Crippen LogP contribution < -0.4 is 0 Å². The summed E-state index contributed by atoms with van der Waals surface area (Å²) in [6.07, 6.45) is 57.0. The highest BCUT2D eigenvalue weighted by Crippen LogP contribution is 2.66. The highest BCUT2D eigenvalue weighted by molar-refractivity contribution is 8.45. The fourth-order valence-electron chi connectivity index (χ4n) is 8.08. The van der Waals surface area contributed by atoms with E-state index in [0.717, 1.165) is 0 Å². The van der Waals surface area contributed by atoms with Crippen LogP contribution in [0.1, 0.15) is 285 Å². The van der Waals surface area contributed by atoms with Gasteiger partial charge in [0.15, 0.2) is 0 Å². The summed E-state index contributed by atoms with van der Waals surface area (Å²) in [5, 5.41) is 0. The van der Waals surface area contributed by atoms with Crippen LogP contribution in [0.5, 0.6) is 0 Å². The molecule has 8 heteroatoms. The first-order valence-electron chi connectivity index (χ1n) is 27.2. The molecule has 2 rings (SSSR count). The average Bonchev–Trinajstić information content (AvgIpc) is 3.89. The molecular formula is C54H100S8. The molecule has 0 amide bonds. The second-order valence-electron chi connectivity index (χ2n) is 18.3. The summed E-state index contributed by atoms with van der Waals surface area (Å²) in [6, 6.07) is 0. The van der Waals surface area contributed by atoms with Crippen molar-refractivity contribution in [2.75, 3.05) is 23.0 Å². The van der Waals surface area contributed by atoms with Crippen molar-refractivity contribution in [1.82, 2.24) is 0 Å². The lowest BCUT2D eigenvalue weighted by Crippen LogP contribution is -1.85.